The summed E-state index contributed by atoms with van der Waals surface area (Å²) in [5.41, 5.74) is 4.57. The summed E-state index contributed by atoms with van der Waals surface area (Å²) in [5, 5.41) is 10.5. The van der Waals surface area contributed by atoms with E-state index in [1.165, 1.54) is 29.7 Å². The lowest BCUT2D eigenvalue weighted by molar-refractivity contribution is -0.195. The van der Waals surface area contributed by atoms with Crippen molar-refractivity contribution >= 4 is 29.4 Å². The second kappa shape index (κ2) is 13.0. The van der Waals surface area contributed by atoms with Gasteiger partial charge in [-0.05, 0) is 53.5 Å². The number of aromatic nitrogens is 5. The summed E-state index contributed by atoms with van der Waals surface area (Å²) in [6.07, 6.45) is -1.84. The predicted octanol–water partition coefficient (Wildman–Crippen LogP) is 7.19. The molecule has 2 atom stereocenters. The molecule has 0 saturated heterocycles. The van der Waals surface area contributed by atoms with Crippen LogP contribution in [-0.2, 0) is 19.9 Å². The Morgan fingerprint density at radius 2 is 1.80 bits per heavy atom. The molecule has 2 aromatic carbocycles. The number of aliphatic imine (C=N–C) groups is 1. The highest BCUT2D eigenvalue weighted by Gasteiger charge is 2.64. The quantitative estimate of drug-likeness (QED) is 0.123. The Labute approximate surface area is 294 Å². The standard InChI is InChI=1S/C34H34ClF5N8O3/c1-31(2,3)17-33(22-7-4-19(5-8-22)21-14-44-47(15-21)29(36)37)28(50)48(30(41)45-33)25(16-51-26(49)13-32(10-11-32)34(38,39)40)20-6-9-24(35)23(12-20)27-42-18-43-46-27/h4-9,12,14-15,18,25,29H,10-11,13,16-17H2,1-3H3,(H2,41,45)(H,42,43,46)/t25-,33-/m1/s1. The molecule has 1 aliphatic carbocycles. The number of benzene rings is 2. The molecule has 51 heavy (non-hydrogen) atoms. The van der Waals surface area contributed by atoms with Crippen molar-refractivity contribution in [3.05, 3.63) is 77.3 Å². The van der Waals surface area contributed by atoms with Crippen molar-refractivity contribution in [1.29, 1.82) is 0 Å². The van der Waals surface area contributed by atoms with Crippen molar-refractivity contribution in [2.75, 3.05) is 6.61 Å². The third-order valence-corrected chi connectivity index (χ3v) is 9.43. The molecule has 1 aliphatic heterocycles. The number of aromatic amines is 1. The molecule has 0 spiro atoms. The maximum atomic E-state index is 14.9. The zero-order valence-corrected chi connectivity index (χ0v) is 28.5. The van der Waals surface area contributed by atoms with Gasteiger partial charge in [0, 0.05) is 17.3 Å². The van der Waals surface area contributed by atoms with Gasteiger partial charge >= 0.3 is 18.7 Å². The van der Waals surface area contributed by atoms with Gasteiger partial charge in [-0.25, -0.2) is 14.7 Å². The molecule has 1 amide bonds. The Balaban J connectivity index is 1.38. The maximum Gasteiger partial charge on any atom is 0.395 e. The van der Waals surface area contributed by atoms with Crippen LogP contribution in [0, 0.1) is 10.8 Å². The summed E-state index contributed by atoms with van der Waals surface area (Å²) in [4.78, 5) is 37.8. The normalized spacial score (nSPS) is 19.4. The fraction of sp³-hybridized carbons (Fsp3) is 0.412. The van der Waals surface area contributed by atoms with Gasteiger partial charge in [-0.3, -0.25) is 19.6 Å². The van der Waals surface area contributed by atoms with Gasteiger partial charge in [0.2, 0.25) is 0 Å². The highest BCUT2D eigenvalue weighted by molar-refractivity contribution is 6.33. The zero-order chi connectivity index (χ0) is 36.9. The van der Waals surface area contributed by atoms with Gasteiger partial charge in [-0.2, -0.15) is 32.1 Å². The number of halogens is 6. The summed E-state index contributed by atoms with van der Waals surface area (Å²) in [7, 11) is 0. The Bertz CT molecular complexity index is 1950. The highest BCUT2D eigenvalue weighted by Crippen LogP contribution is 2.60. The molecule has 11 nitrogen and oxygen atoms in total. The summed E-state index contributed by atoms with van der Waals surface area (Å²) in [5.74, 6) is -1.56. The Morgan fingerprint density at radius 1 is 1.10 bits per heavy atom. The largest absolute Gasteiger partial charge is 0.463 e. The molecule has 2 aromatic heterocycles. The second-order valence-electron chi connectivity index (χ2n) is 14.0. The van der Waals surface area contributed by atoms with Crippen molar-refractivity contribution in [2.45, 2.75) is 70.8 Å². The fourth-order valence-corrected chi connectivity index (χ4v) is 6.61. The van der Waals surface area contributed by atoms with E-state index < -0.39 is 60.0 Å². The van der Waals surface area contributed by atoms with E-state index in [9.17, 15) is 31.5 Å². The molecule has 0 bridgehead atoms. The van der Waals surface area contributed by atoms with Gasteiger partial charge in [-0.1, -0.05) is 62.7 Å². The summed E-state index contributed by atoms with van der Waals surface area (Å²) >= 11 is 6.48. The minimum atomic E-state index is -4.57. The molecular formula is C34H34ClF5N8O3. The lowest BCUT2D eigenvalue weighted by atomic mass is 9.75. The Hall–Kier alpha value is -4.86. The SMILES string of the molecule is CC(C)(C)C[C@]1(c2ccc(-c3cnn(C(F)F)c3)cc2)N=C(N)N([C@H](COC(=O)CC2(C(F)(F)F)CC2)c2ccc(Cl)c(-c3ncn[nH]3)c2)C1=O. The minimum absolute atomic E-state index is 0.170. The molecule has 3 heterocycles. The molecule has 4 aromatic rings. The number of hydrogen-bond donors (Lipinski definition) is 2. The van der Waals surface area contributed by atoms with Gasteiger partial charge in [0.05, 0.1) is 29.1 Å². The number of guanidine groups is 1. The number of ether oxygens (including phenoxy) is 1. The van der Waals surface area contributed by atoms with Crippen LogP contribution >= 0.6 is 11.6 Å². The molecule has 270 valence electrons. The van der Waals surface area contributed by atoms with Gasteiger partial charge in [0.25, 0.3) is 5.91 Å². The van der Waals surface area contributed by atoms with Crippen LogP contribution < -0.4 is 5.73 Å². The third-order valence-electron chi connectivity index (χ3n) is 9.11. The van der Waals surface area contributed by atoms with E-state index in [0.29, 0.717) is 38.3 Å². The van der Waals surface area contributed by atoms with E-state index in [0.717, 1.165) is 0 Å². The molecule has 17 heteroatoms. The number of H-pyrrole nitrogens is 1. The van der Waals surface area contributed by atoms with E-state index in [4.69, 9.17) is 27.1 Å². The number of esters is 1. The van der Waals surface area contributed by atoms with E-state index >= 15 is 0 Å². The van der Waals surface area contributed by atoms with Crippen LogP contribution in [0.15, 0.2) is 66.2 Å². The number of hydrogen-bond acceptors (Lipinski definition) is 8. The average Bonchev–Trinajstić information content (AvgIpc) is 3.38. The van der Waals surface area contributed by atoms with Crippen molar-refractivity contribution in [3.63, 3.8) is 0 Å². The molecule has 6 rings (SSSR count). The number of nitrogens with two attached hydrogens (primary N) is 1. The van der Waals surface area contributed by atoms with Gasteiger partial charge in [0.1, 0.15) is 12.9 Å². The van der Waals surface area contributed by atoms with Gasteiger partial charge in [0.15, 0.2) is 17.3 Å². The Morgan fingerprint density at radius 3 is 2.37 bits per heavy atom. The smallest absolute Gasteiger partial charge is 0.395 e. The van der Waals surface area contributed by atoms with E-state index in [2.05, 4.69) is 20.3 Å². The van der Waals surface area contributed by atoms with E-state index in [1.807, 2.05) is 20.8 Å². The van der Waals surface area contributed by atoms with Crippen LogP contribution in [0.4, 0.5) is 22.0 Å². The third kappa shape index (κ3) is 7.05. The number of carbonyl (C=O) groups excluding carboxylic acids is 2. The summed E-state index contributed by atoms with van der Waals surface area (Å²) in [6.45, 7) is 2.39. The lowest BCUT2D eigenvalue weighted by Gasteiger charge is -2.35. The number of nitrogens with zero attached hydrogens (tertiary/aromatic N) is 6. The van der Waals surface area contributed by atoms with Crippen molar-refractivity contribution < 1.29 is 36.3 Å². The monoisotopic (exact) mass is 732 g/mol. The topological polar surface area (TPSA) is 144 Å². The van der Waals surface area contributed by atoms with Gasteiger partial charge in [-0.15, -0.1) is 0 Å². The van der Waals surface area contributed by atoms with Crippen LogP contribution in [0.25, 0.3) is 22.5 Å². The fourth-order valence-electron chi connectivity index (χ4n) is 6.40. The molecule has 0 radical (unpaired) electrons. The predicted molar refractivity (Wildman–Crippen MR) is 176 cm³/mol. The van der Waals surface area contributed by atoms with E-state index in [1.54, 1.807) is 36.4 Å². The average molecular weight is 733 g/mol. The number of carbonyl (C=O) groups is 2. The van der Waals surface area contributed by atoms with E-state index in [-0.39, 0.29) is 30.2 Å². The number of nitrogens with one attached hydrogen (secondary N) is 1. The maximum absolute atomic E-state index is 14.9. The molecule has 3 N–H and O–H groups in total. The number of alkyl halides is 5. The lowest BCUT2D eigenvalue weighted by Crippen LogP contribution is -2.47. The van der Waals surface area contributed by atoms with Crippen LogP contribution in [0.3, 0.4) is 0 Å². The molecule has 0 unspecified atom stereocenters. The number of rotatable bonds is 11. The van der Waals surface area contributed by atoms with Gasteiger partial charge < -0.3 is 10.5 Å². The first-order valence-electron chi connectivity index (χ1n) is 15.9. The first-order valence-corrected chi connectivity index (χ1v) is 16.3. The van der Waals surface area contributed by atoms with Crippen molar-refractivity contribution in [2.24, 2.45) is 21.6 Å². The van der Waals surface area contributed by atoms with Crippen LogP contribution in [0.2, 0.25) is 5.02 Å². The first-order chi connectivity index (χ1) is 23.9. The van der Waals surface area contributed by atoms with Crippen molar-refractivity contribution in [3.8, 4) is 22.5 Å². The van der Waals surface area contributed by atoms with Crippen LogP contribution in [-0.4, -0.2) is 60.5 Å². The zero-order valence-electron chi connectivity index (χ0n) is 27.7. The van der Waals surface area contributed by atoms with Crippen LogP contribution in [0.1, 0.15) is 70.2 Å². The van der Waals surface area contributed by atoms with Crippen molar-refractivity contribution in [1.82, 2.24) is 29.9 Å². The number of amides is 1. The highest BCUT2D eigenvalue weighted by atomic mass is 35.5. The molecule has 1 fully saturated rings. The molecular weight excluding hydrogens is 699 g/mol. The summed E-state index contributed by atoms with van der Waals surface area (Å²) in [6, 6.07) is 10.2. The Kier molecular flexibility index (Phi) is 9.19. The molecule has 1 saturated carbocycles. The summed E-state index contributed by atoms with van der Waals surface area (Å²) < 4.78 is 73.3. The molecule has 2 aliphatic rings. The first kappa shape index (κ1) is 35.9. The second-order valence-corrected chi connectivity index (χ2v) is 14.4. The van der Waals surface area contributed by atoms with Crippen LogP contribution in [0.5, 0.6) is 0 Å². The minimum Gasteiger partial charge on any atom is -0.463 e.